The largest absolute Gasteiger partial charge is 0.309 e. The second-order valence-corrected chi connectivity index (χ2v) is 16.7. The molecule has 1 heteroatoms. The van der Waals surface area contributed by atoms with E-state index >= 15 is 0 Å². The number of rotatable bonds is 5. The lowest BCUT2D eigenvalue weighted by molar-refractivity contribution is 1.00. The highest BCUT2D eigenvalue weighted by Crippen LogP contribution is 2.51. The number of para-hydroxylation sites is 2. The Morgan fingerprint density at radius 3 is 1.51 bits per heavy atom. The van der Waals surface area contributed by atoms with Crippen LogP contribution in [0.15, 0.2) is 212 Å². The van der Waals surface area contributed by atoms with Crippen LogP contribution in [0.5, 0.6) is 0 Å². The predicted octanol–water partition coefficient (Wildman–Crippen LogP) is 16.1. The normalized spacial score (nSPS) is 14.2. The van der Waals surface area contributed by atoms with Crippen molar-refractivity contribution in [3.05, 3.63) is 229 Å². The summed E-state index contributed by atoms with van der Waals surface area (Å²) in [4.78, 5) is 0. The van der Waals surface area contributed by atoms with Crippen LogP contribution in [0, 0.1) is 0 Å². The van der Waals surface area contributed by atoms with Gasteiger partial charge in [0.1, 0.15) is 0 Å². The van der Waals surface area contributed by atoms with E-state index in [1.54, 1.807) is 0 Å². The first kappa shape index (κ1) is 34.2. The SMILES string of the molecule is C1=CC2C=Cc3cc(-n4c5ccccc5c5ccccc54)cc4cc(-c5c6ccccc6c(-c6cc(-c7ccccc7)cc(-c7ccccc7)c6)c6ccccc56)c(c2c34)C1. The summed E-state index contributed by atoms with van der Waals surface area (Å²) < 4.78 is 2.46. The van der Waals surface area contributed by atoms with E-state index in [9.17, 15) is 0 Å². The number of aromatic nitrogens is 1. The topological polar surface area (TPSA) is 4.93 Å². The van der Waals surface area contributed by atoms with Crippen LogP contribution >= 0.6 is 0 Å². The van der Waals surface area contributed by atoms with Gasteiger partial charge in [-0.15, -0.1) is 0 Å². The molecule has 13 rings (SSSR count). The summed E-state index contributed by atoms with van der Waals surface area (Å²) in [7, 11) is 0. The zero-order chi connectivity index (χ0) is 40.0. The Balaban J connectivity index is 1.11. The van der Waals surface area contributed by atoms with Gasteiger partial charge in [-0.05, 0) is 148 Å². The third-order valence-electron chi connectivity index (χ3n) is 13.4. The molecule has 1 unspecified atom stereocenters. The molecule has 284 valence electrons. The van der Waals surface area contributed by atoms with Crippen molar-refractivity contribution in [2.24, 2.45) is 0 Å². The van der Waals surface area contributed by atoms with E-state index < -0.39 is 0 Å². The van der Waals surface area contributed by atoms with Gasteiger partial charge in [-0.25, -0.2) is 0 Å². The second-order valence-electron chi connectivity index (χ2n) is 16.7. The molecule has 0 saturated heterocycles. The van der Waals surface area contributed by atoms with Crippen molar-refractivity contribution < 1.29 is 0 Å². The molecule has 1 heterocycles. The summed E-state index contributed by atoms with van der Waals surface area (Å²) in [5.41, 5.74) is 17.9. The second kappa shape index (κ2) is 13.4. The predicted molar refractivity (Wildman–Crippen MR) is 260 cm³/mol. The lowest BCUT2D eigenvalue weighted by Gasteiger charge is -2.29. The maximum absolute atomic E-state index is 2.53. The molecule has 0 saturated carbocycles. The minimum absolute atomic E-state index is 0.242. The Hall–Kier alpha value is -7.74. The molecule has 0 amide bonds. The molecular weight excluding hydrogens is 735 g/mol. The number of hydrogen-bond donors (Lipinski definition) is 0. The summed E-state index contributed by atoms with van der Waals surface area (Å²) in [6, 6.07) is 72.1. The molecule has 2 aliphatic rings. The summed E-state index contributed by atoms with van der Waals surface area (Å²) in [6.07, 6.45) is 10.5. The first-order valence-electron chi connectivity index (χ1n) is 21.4. The zero-order valence-electron chi connectivity index (χ0n) is 33.5. The highest BCUT2D eigenvalue weighted by atomic mass is 15.0. The van der Waals surface area contributed by atoms with Crippen molar-refractivity contribution in [1.82, 2.24) is 4.57 Å². The molecule has 1 aromatic heterocycles. The molecular formula is C60H39N. The average Bonchev–Trinajstić information content (AvgIpc) is 3.67. The standard InChI is InChI=1S/C60H39N/c1-3-16-38(17-4-1)42-32-43(39-18-5-2-6-19-39)34-44(33-42)58-49-23-7-9-25-51(49)60(52-26-10-8-24-50(52)58)54-37-45-36-46(35-41-31-30-40-20-15-27-53(54)59(40)57(41)45)61-55-28-13-11-21-47(55)48-22-12-14-29-56(48)61/h1-26,28-37,40H,27H2. The van der Waals surface area contributed by atoms with Crippen LogP contribution in [0.3, 0.4) is 0 Å². The summed E-state index contributed by atoms with van der Waals surface area (Å²) in [6.45, 7) is 0. The maximum atomic E-state index is 2.53. The van der Waals surface area contributed by atoms with Gasteiger partial charge >= 0.3 is 0 Å². The van der Waals surface area contributed by atoms with Gasteiger partial charge in [-0.2, -0.15) is 0 Å². The zero-order valence-corrected chi connectivity index (χ0v) is 33.5. The Morgan fingerprint density at radius 1 is 0.410 bits per heavy atom. The van der Waals surface area contributed by atoms with Gasteiger partial charge in [0, 0.05) is 22.4 Å². The Kier molecular flexibility index (Phi) is 7.50. The van der Waals surface area contributed by atoms with Crippen LogP contribution in [0.1, 0.15) is 22.6 Å². The molecule has 0 N–H and O–H groups in total. The van der Waals surface area contributed by atoms with Gasteiger partial charge in [-0.1, -0.05) is 170 Å². The molecule has 0 radical (unpaired) electrons. The molecule has 0 spiro atoms. The lowest BCUT2D eigenvalue weighted by atomic mass is 9.75. The van der Waals surface area contributed by atoms with E-state index in [-0.39, 0.29) is 5.92 Å². The molecule has 0 aliphatic heterocycles. The fourth-order valence-corrected chi connectivity index (χ4v) is 10.8. The molecule has 0 fully saturated rings. The first-order chi connectivity index (χ1) is 30.3. The Morgan fingerprint density at radius 2 is 0.918 bits per heavy atom. The minimum Gasteiger partial charge on any atom is -0.309 e. The monoisotopic (exact) mass is 773 g/mol. The number of benzene rings is 10. The molecule has 0 bridgehead atoms. The maximum Gasteiger partial charge on any atom is 0.0541 e. The number of allylic oxidation sites excluding steroid dienone is 3. The molecule has 11 aromatic rings. The highest BCUT2D eigenvalue weighted by Gasteiger charge is 2.28. The van der Waals surface area contributed by atoms with Crippen LogP contribution in [-0.4, -0.2) is 4.57 Å². The van der Waals surface area contributed by atoms with Gasteiger partial charge < -0.3 is 4.57 Å². The van der Waals surface area contributed by atoms with Crippen LogP contribution in [0.25, 0.3) is 110 Å². The van der Waals surface area contributed by atoms with Gasteiger partial charge in [0.05, 0.1) is 11.0 Å². The summed E-state index contributed by atoms with van der Waals surface area (Å²) in [5, 5.41) is 10.3. The number of hydrogen-bond acceptors (Lipinski definition) is 0. The summed E-state index contributed by atoms with van der Waals surface area (Å²) >= 11 is 0. The Labute approximate surface area is 354 Å². The van der Waals surface area contributed by atoms with Crippen LogP contribution in [0.2, 0.25) is 0 Å². The average molecular weight is 774 g/mol. The van der Waals surface area contributed by atoms with Crippen molar-refractivity contribution in [2.75, 3.05) is 0 Å². The molecule has 10 aromatic carbocycles. The van der Waals surface area contributed by atoms with Crippen molar-refractivity contribution >= 4 is 60.2 Å². The first-order valence-corrected chi connectivity index (χ1v) is 21.4. The van der Waals surface area contributed by atoms with Gasteiger partial charge in [0.2, 0.25) is 0 Å². The van der Waals surface area contributed by atoms with E-state index in [4.69, 9.17) is 0 Å². The molecule has 2 aliphatic carbocycles. The van der Waals surface area contributed by atoms with Crippen LogP contribution in [0.4, 0.5) is 0 Å². The fourth-order valence-electron chi connectivity index (χ4n) is 10.8. The molecule has 1 nitrogen and oxygen atoms in total. The van der Waals surface area contributed by atoms with Gasteiger partial charge in [-0.3, -0.25) is 0 Å². The number of nitrogens with zero attached hydrogens (tertiary/aromatic N) is 1. The van der Waals surface area contributed by atoms with E-state index in [1.807, 2.05) is 0 Å². The van der Waals surface area contributed by atoms with E-state index in [0.29, 0.717) is 0 Å². The Bertz CT molecular complexity index is 3490. The smallest absolute Gasteiger partial charge is 0.0541 e. The van der Waals surface area contributed by atoms with Crippen LogP contribution in [-0.2, 0) is 6.42 Å². The van der Waals surface area contributed by atoms with Crippen molar-refractivity contribution in [3.8, 4) is 50.2 Å². The van der Waals surface area contributed by atoms with E-state index in [1.165, 1.54) is 121 Å². The van der Waals surface area contributed by atoms with E-state index in [2.05, 4.69) is 223 Å². The highest BCUT2D eigenvalue weighted by molar-refractivity contribution is 6.23. The van der Waals surface area contributed by atoms with Crippen molar-refractivity contribution in [1.29, 1.82) is 0 Å². The van der Waals surface area contributed by atoms with Crippen LogP contribution < -0.4 is 0 Å². The third-order valence-corrected chi connectivity index (χ3v) is 13.4. The third kappa shape index (κ3) is 5.20. The van der Waals surface area contributed by atoms with Crippen molar-refractivity contribution in [3.63, 3.8) is 0 Å². The lowest BCUT2D eigenvalue weighted by Crippen LogP contribution is -2.10. The minimum atomic E-state index is 0.242. The van der Waals surface area contributed by atoms with Gasteiger partial charge in [0.25, 0.3) is 0 Å². The quantitative estimate of drug-likeness (QED) is 0.121. The van der Waals surface area contributed by atoms with Gasteiger partial charge in [0.15, 0.2) is 0 Å². The summed E-state index contributed by atoms with van der Waals surface area (Å²) in [5.74, 6) is 0.242. The molecule has 1 atom stereocenters. The van der Waals surface area contributed by atoms with E-state index in [0.717, 1.165) is 6.42 Å². The number of fused-ring (bicyclic) bond motifs is 5. The van der Waals surface area contributed by atoms with Crippen molar-refractivity contribution in [2.45, 2.75) is 12.3 Å². The molecule has 61 heavy (non-hydrogen) atoms. The fraction of sp³-hybridized carbons (Fsp3) is 0.0333.